The van der Waals surface area contributed by atoms with Gasteiger partial charge in [0, 0.05) is 13.1 Å². The van der Waals surface area contributed by atoms with Crippen LogP contribution in [-0.4, -0.2) is 32.4 Å². The van der Waals surface area contributed by atoms with Crippen LogP contribution in [0.3, 0.4) is 0 Å². The van der Waals surface area contributed by atoms with Gasteiger partial charge in [-0.1, -0.05) is 0 Å². The third kappa shape index (κ3) is 3.62. The molecule has 0 saturated carbocycles. The maximum Gasteiger partial charge on any atom is 0.416 e. The SMILES string of the molecule is N#Cc1cc(C(F)(F)F)ccc1OCC1CNCCO1. The van der Waals surface area contributed by atoms with Gasteiger partial charge in [0.05, 0.1) is 17.7 Å². The molecule has 0 bridgehead atoms. The lowest BCUT2D eigenvalue weighted by Gasteiger charge is -2.23. The van der Waals surface area contributed by atoms with Crippen LogP contribution in [0.5, 0.6) is 5.75 Å². The van der Waals surface area contributed by atoms with E-state index in [9.17, 15) is 13.2 Å². The Morgan fingerprint density at radius 2 is 2.25 bits per heavy atom. The molecule has 0 aliphatic carbocycles. The van der Waals surface area contributed by atoms with Crippen molar-refractivity contribution in [3.8, 4) is 11.8 Å². The van der Waals surface area contributed by atoms with E-state index >= 15 is 0 Å². The summed E-state index contributed by atoms with van der Waals surface area (Å²) >= 11 is 0. The molecule has 4 nitrogen and oxygen atoms in total. The second-order valence-corrected chi connectivity index (χ2v) is 4.33. The number of hydrogen-bond acceptors (Lipinski definition) is 4. The highest BCUT2D eigenvalue weighted by Crippen LogP contribution is 2.32. The minimum absolute atomic E-state index is 0.134. The molecule has 1 saturated heterocycles. The molecule has 108 valence electrons. The molecule has 0 spiro atoms. The van der Waals surface area contributed by atoms with Gasteiger partial charge in [-0.05, 0) is 18.2 Å². The molecular weight excluding hydrogens is 273 g/mol. The van der Waals surface area contributed by atoms with E-state index in [1.165, 1.54) is 0 Å². The maximum absolute atomic E-state index is 12.5. The van der Waals surface area contributed by atoms with Gasteiger partial charge in [0.2, 0.25) is 0 Å². The van der Waals surface area contributed by atoms with Gasteiger partial charge in [-0.25, -0.2) is 0 Å². The fourth-order valence-corrected chi connectivity index (χ4v) is 1.83. The van der Waals surface area contributed by atoms with Crippen LogP contribution >= 0.6 is 0 Å². The number of alkyl halides is 3. The molecule has 0 aromatic heterocycles. The van der Waals surface area contributed by atoms with Gasteiger partial charge in [0.25, 0.3) is 0 Å². The molecule has 1 heterocycles. The first-order valence-corrected chi connectivity index (χ1v) is 6.07. The Bertz CT molecular complexity index is 505. The van der Waals surface area contributed by atoms with E-state index in [-0.39, 0.29) is 24.0 Å². The number of morpholine rings is 1. The molecular formula is C13H13F3N2O2. The lowest BCUT2D eigenvalue weighted by atomic mass is 10.1. The quantitative estimate of drug-likeness (QED) is 0.922. The van der Waals surface area contributed by atoms with E-state index in [1.807, 2.05) is 0 Å². The molecule has 1 atom stereocenters. The van der Waals surface area contributed by atoms with Crippen LogP contribution in [0.25, 0.3) is 0 Å². The molecule has 7 heteroatoms. The van der Waals surface area contributed by atoms with Gasteiger partial charge < -0.3 is 14.8 Å². The van der Waals surface area contributed by atoms with E-state index < -0.39 is 11.7 Å². The minimum Gasteiger partial charge on any atom is -0.489 e. The third-order valence-corrected chi connectivity index (χ3v) is 2.86. The fourth-order valence-electron chi connectivity index (χ4n) is 1.83. The van der Waals surface area contributed by atoms with Crippen LogP contribution in [0.4, 0.5) is 13.2 Å². The number of ether oxygens (including phenoxy) is 2. The van der Waals surface area contributed by atoms with Crippen molar-refractivity contribution in [1.29, 1.82) is 5.26 Å². The first-order valence-electron chi connectivity index (χ1n) is 6.07. The van der Waals surface area contributed by atoms with Crippen LogP contribution in [0.1, 0.15) is 11.1 Å². The summed E-state index contributed by atoms with van der Waals surface area (Å²) in [6, 6.07) is 4.56. The van der Waals surface area contributed by atoms with Crippen molar-refractivity contribution in [3.63, 3.8) is 0 Å². The molecule has 2 rings (SSSR count). The summed E-state index contributed by atoms with van der Waals surface area (Å²) in [7, 11) is 0. The van der Waals surface area contributed by atoms with Gasteiger partial charge in [-0.15, -0.1) is 0 Å². The molecule has 1 aliphatic heterocycles. The summed E-state index contributed by atoms with van der Waals surface area (Å²) in [5.74, 6) is 0.134. The number of hydrogen-bond donors (Lipinski definition) is 1. The molecule has 1 aromatic carbocycles. The summed E-state index contributed by atoms with van der Waals surface area (Å²) in [6.45, 7) is 2.13. The Morgan fingerprint density at radius 1 is 1.45 bits per heavy atom. The van der Waals surface area contributed by atoms with Crippen LogP contribution in [-0.2, 0) is 10.9 Å². The highest BCUT2D eigenvalue weighted by molar-refractivity contribution is 5.46. The molecule has 1 fully saturated rings. The second-order valence-electron chi connectivity index (χ2n) is 4.33. The lowest BCUT2D eigenvalue weighted by molar-refractivity contribution is -0.137. The van der Waals surface area contributed by atoms with Gasteiger partial charge in [-0.2, -0.15) is 18.4 Å². The summed E-state index contributed by atoms with van der Waals surface area (Å²) < 4.78 is 48.4. The van der Waals surface area contributed by atoms with Gasteiger partial charge >= 0.3 is 6.18 Å². The lowest BCUT2D eigenvalue weighted by Crippen LogP contribution is -2.41. The predicted octanol–water partition coefficient (Wildman–Crippen LogP) is 1.94. The molecule has 0 amide bonds. The van der Waals surface area contributed by atoms with Gasteiger partial charge in [-0.3, -0.25) is 0 Å². The fraction of sp³-hybridized carbons (Fsp3) is 0.462. The Kier molecular flexibility index (Phi) is 4.47. The first-order chi connectivity index (χ1) is 9.50. The molecule has 1 aromatic rings. The highest BCUT2D eigenvalue weighted by atomic mass is 19.4. The minimum atomic E-state index is -4.47. The van der Waals surface area contributed by atoms with E-state index in [1.54, 1.807) is 6.07 Å². The van der Waals surface area contributed by atoms with Crippen molar-refractivity contribution in [2.24, 2.45) is 0 Å². The Morgan fingerprint density at radius 3 is 2.85 bits per heavy atom. The Hall–Kier alpha value is -1.78. The first kappa shape index (κ1) is 14.6. The normalized spacial score (nSPS) is 19.4. The average Bonchev–Trinajstić information content (AvgIpc) is 2.45. The van der Waals surface area contributed by atoms with Gasteiger partial charge in [0.1, 0.15) is 24.5 Å². The average molecular weight is 286 g/mol. The monoisotopic (exact) mass is 286 g/mol. The van der Waals surface area contributed by atoms with Crippen molar-refractivity contribution in [2.45, 2.75) is 12.3 Å². The highest BCUT2D eigenvalue weighted by Gasteiger charge is 2.31. The smallest absolute Gasteiger partial charge is 0.416 e. The molecule has 0 radical (unpaired) electrons. The number of nitrogens with one attached hydrogen (secondary N) is 1. The second kappa shape index (κ2) is 6.11. The summed E-state index contributed by atoms with van der Waals surface area (Å²) in [4.78, 5) is 0. The topological polar surface area (TPSA) is 54.3 Å². The zero-order chi connectivity index (χ0) is 14.6. The number of nitriles is 1. The molecule has 1 aliphatic rings. The summed E-state index contributed by atoms with van der Waals surface area (Å²) in [6.07, 6.45) is -4.64. The zero-order valence-electron chi connectivity index (χ0n) is 10.5. The van der Waals surface area contributed by atoms with Gasteiger partial charge in [0.15, 0.2) is 0 Å². The molecule has 20 heavy (non-hydrogen) atoms. The number of nitrogens with zero attached hydrogens (tertiary/aromatic N) is 1. The molecule has 1 N–H and O–H groups in total. The van der Waals surface area contributed by atoms with E-state index in [2.05, 4.69) is 5.32 Å². The van der Waals surface area contributed by atoms with Crippen LogP contribution in [0, 0.1) is 11.3 Å². The number of halogens is 3. The van der Waals surface area contributed by atoms with Crippen molar-refractivity contribution in [3.05, 3.63) is 29.3 Å². The largest absolute Gasteiger partial charge is 0.489 e. The van der Waals surface area contributed by atoms with Crippen molar-refractivity contribution < 1.29 is 22.6 Å². The maximum atomic E-state index is 12.5. The standard InChI is InChI=1S/C13H13F3N2O2/c14-13(15,16)10-1-2-12(9(5-10)6-17)20-8-11-7-18-3-4-19-11/h1-2,5,11,18H,3-4,7-8H2. The third-order valence-electron chi connectivity index (χ3n) is 2.86. The van der Waals surface area contributed by atoms with Crippen LogP contribution in [0.2, 0.25) is 0 Å². The number of benzene rings is 1. The van der Waals surface area contributed by atoms with E-state index in [0.29, 0.717) is 13.2 Å². The summed E-state index contributed by atoms with van der Waals surface area (Å²) in [5, 5.41) is 12.0. The van der Waals surface area contributed by atoms with Crippen LogP contribution < -0.4 is 10.1 Å². The summed E-state index contributed by atoms with van der Waals surface area (Å²) in [5.41, 5.74) is -0.999. The predicted molar refractivity (Wildman–Crippen MR) is 64.3 cm³/mol. The zero-order valence-corrected chi connectivity index (χ0v) is 10.5. The molecule has 1 unspecified atom stereocenters. The Labute approximate surface area is 114 Å². The van der Waals surface area contributed by atoms with E-state index in [4.69, 9.17) is 14.7 Å². The van der Waals surface area contributed by atoms with Crippen molar-refractivity contribution >= 4 is 0 Å². The number of rotatable bonds is 3. The van der Waals surface area contributed by atoms with Crippen molar-refractivity contribution in [1.82, 2.24) is 5.32 Å². The van der Waals surface area contributed by atoms with Crippen molar-refractivity contribution in [2.75, 3.05) is 26.3 Å². The van der Waals surface area contributed by atoms with Crippen LogP contribution in [0.15, 0.2) is 18.2 Å². The van der Waals surface area contributed by atoms with E-state index in [0.717, 1.165) is 24.7 Å². The Balaban J connectivity index is 2.06.